The molecule has 0 aliphatic carbocycles. The number of piperidine rings is 1. The van der Waals surface area contributed by atoms with Gasteiger partial charge in [0, 0.05) is 31.1 Å². The van der Waals surface area contributed by atoms with E-state index in [0.717, 1.165) is 29.0 Å². The van der Waals surface area contributed by atoms with Crippen LogP contribution in [-0.4, -0.2) is 56.8 Å². The minimum atomic E-state index is -0.127. The average molecular weight is 482 g/mol. The molecular formula is C27H35N3O5. The predicted molar refractivity (Wildman–Crippen MR) is 134 cm³/mol. The smallest absolute Gasteiger partial charge is 0.324 e. The Balaban J connectivity index is 1.35. The minimum absolute atomic E-state index is 0.000335. The molecule has 1 N–H and O–H groups in total. The molecule has 0 unspecified atom stereocenters. The molecule has 2 aromatic rings. The molecule has 0 saturated carbocycles. The van der Waals surface area contributed by atoms with E-state index in [9.17, 15) is 9.59 Å². The second-order valence-corrected chi connectivity index (χ2v) is 9.14. The number of anilines is 1. The lowest BCUT2D eigenvalue weighted by molar-refractivity contribution is -0.126. The molecule has 2 aromatic carbocycles. The van der Waals surface area contributed by atoms with E-state index in [1.54, 1.807) is 14.2 Å². The summed E-state index contributed by atoms with van der Waals surface area (Å²) in [5, 5.41) is 3.03. The zero-order valence-corrected chi connectivity index (χ0v) is 21.0. The van der Waals surface area contributed by atoms with Gasteiger partial charge in [0.2, 0.25) is 5.91 Å². The Kier molecular flexibility index (Phi) is 7.68. The maximum Gasteiger partial charge on any atom is 0.324 e. The Morgan fingerprint density at radius 2 is 1.89 bits per heavy atom. The number of aryl methyl sites for hydroxylation is 1. The van der Waals surface area contributed by atoms with Crippen molar-refractivity contribution in [3.8, 4) is 17.2 Å². The largest absolute Gasteiger partial charge is 0.493 e. The highest BCUT2D eigenvalue weighted by Gasteiger charge is 2.34. The SMILES string of the molecule is CC[C@H]1CN(C(=O)N2CCC(C(=O)NCc3cccc(OC)c3OC)CC2)c2cc(C)ccc2O1. The van der Waals surface area contributed by atoms with Crippen LogP contribution >= 0.6 is 0 Å². The number of urea groups is 1. The summed E-state index contributed by atoms with van der Waals surface area (Å²) in [7, 11) is 3.18. The van der Waals surface area contributed by atoms with Gasteiger partial charge < -0.3 is 24.4 Å². The summed E-state index contributed by atoms with van der Waals surface area (Å²) in [6, 6.07) is 11.6. The normalized spacial score (nSPS) is 17.9. The van der Waals surface area contributed by atoms with Crippen molar-refractivity contribution in [3.63, 3.8) is 0 Å². The molecule has 0 bridgehead atoms. The van der Waals surface area contributed by atoms with Crippen LogP contribution in [0.25, 0.3) is 0 Å². The lowest BCUT2D eigenvalue weighted by Crippen LogP contribution is -2.52. The second kappa shape index (κ2) is 10.9. The van der Waals surface area contributed by atoms with Crippen LogP contribution in [0.2, 0.25) is 0 Å². The number of carbonyl (C=O) groups excluding carboxylic acids is 2. The van der Waals surface area contributed by atoms with Gasteiger partial charge in [-0.05, 0) is 49.9 Å². The fourth-order valence-corrected chi connectivity index (χ4v) is 4.77. The fraction of sp³-hybridized carbons (Fsp3) is 0.481. The van der Waals surface area contributed by atoms with Crippen molar-refractivity contribution in [3.05, 3.63) is 47.5 Å². The van der Waals surface area contributed by atoms with Gasteiger partial charge in [-0.25, -0.2) is 4.79 Å². The topological polar surface area (TPSA) is 80.3 Å². The number of hydrogen-bond donors (Lipinski definition) is 1. The maximum atomic E-state index is 13.5. The Bertz CT molecular complexity index is 1060. The number of para-hydroxylation sites is 1. The number of benzene rings is 2. The summed E-state index contributed by atoms with van der Waals surface area (Å²) in [5.74, 6) is 1.89. The third-order valence-electron chi connectivity index (χ3n) is 6.85. The van der Waals surface area contributed by atoms with Crippen LogP contribution < -0.4 is 24.4 Å². The first kappa shape index (κ1) is 24.7. The zero-order valence-electron chi connectivity index (χ0n) is 21.0. The van der Waals surface area contributed by atoms with E-state index >= 15 is 0 Å². The van der Waals surface area contributed by atoms with Gasteiger partial charge in [-0.3, -0.25) is 9.69 Å². The number of amides is 3. The highest BCUT2D eigenvalue weighted by molar-refractivity contribution is 5.94. The van der Waals surface area contributed by atoms with E-state index in [1.807, 2.05) is 53.1 Å². The molecule has 4 rings (SSSR count). The van der Waals surface area contributed by atoms with Crippen LogP contribution in [0, 0.1) is 12.8 Å². The van der Waals surface area contributed by atoms with Crippen molar-refractivity contribution >= 4 is 17.6 Å². The summed E-state index contributed by atoms with van der Waals surface area (Å²) in [5.41, 5.74) is 2.77. The van der Waals surface area contributed by atoms with Crippen LogP contribution in [0.5, 0.6) is 17.2 Å². The molecule has 1 atom stereocenters. The van der Waals surface area contributed by atoms with Crippen molar-refractivity contribution in [2.24, 2.45) is 5.92 Å². The molecule has 188 valence electrons. The molecule has 2 aliphatic heterocycles. The monoisotopic (exact) mass is 481 g/mol. The standard InChI is InChI=1S/C27H35N3O5/c1-5-21-17-30(22-15-18(2)9-10-23(22)35-21)27(32)29-13-11-19(12-14-29)26(31)28-16-20-7-6-8-24(33-3)25(20)34-4/h6-10,15,19,21H,5,11-14,16-17H2,1-4H3,(H,28,31)/t21-/m0/s1. The molecule has 35 heavy (non-hydrogen) atoms. The summed E-state index contributed by atoms with van der Waals surface area (Å²) in [4.78, 5) is 30.1. The van der Waals surface area contributed by atoms with Gasteiger partial charge in [-0.15, -0.1) is 0 Å². The number of nitrogens with zero attached hydrogens (tertiary/aromatic N) is 2. The zero-order chi connectivity index (χ0) is 24.9. The van der Waals surface area contributed by atoms with Crippen molar-refractivity contribution < 1.29 is 23.8 Å². The summed E-state index contributed by atoms with van der Waals surface area (Å²) in [6.45, 7) is 6.08. The first-order valence-electron chi connectivity index (χ1n) is 12.3. The quantitative estimate of drug-likeness (QED) is 0.671. The maximum absolute atomic E-state index is 13.5. The van der Waals surface area contributed by atoms with Crippen molar-refractivity contribution in [1.29, 1.82) is 0 Å². The van der Waals surface area contributed by atoms with Crippen molar-refractivity contribution in [2.45, 2.75) is 45.8 Å². The van der Waals surface area contributed by atoms with Crippen LogP contribution in [-0.2, 0) is 11.3 Å². The van der Waals surface area contributed by atoms with Gasteiger partial charge in [-0.2, -0.15) is 0 Å². The minimum Gasteiger partial charge on any atom is -0.493 e. The van der Waals surface area contributed by atoms with Crippen molar-refractivity contribution in [1.82, 2.24) is 10.2 Å². The average Bonchev–Trinajstić information content (AvgIpc) is 2.90. The molecule has 3 amide bonds. The van der Waals surface area contributed by atoms with Gasteiger partial charge in [-0.1, -0.05) is 25.1 Å². The summed E-state index contributed by atoms with van der Waals surface area (Å²) < 4.78 is 16.9. The molecule has 1 saturated heterocycles. The molecule has 8 nitrogen and oxygen atoms in total. The highest BCUT2D eigenvalue weighted by Crippen LogP contribution is 2.36. The number of nitrogens with one attached hydrogen (secondary N) is 1. The van der Waals surface area contributed by atoms with Gasteiger partial charge in [0.15, 0.2) is 11.5 Å². The van der Waals surface area contributed by atoms with Gasteiger partial charge in [0.05, 0.1) is 26.5 Å². The number of hydrogen-bond acceptors (Lipinski definition) is 5. The molecule has 8 heteroatoms. The van der Waals surface area contributed by atoms with Gasteiger partial charge in [0.25, 0.3) is 0 Å². The van der Waals surface area contributed by atoms with E-state index in [0.29, 0.717) is 50.5 Å². The van der Waals surface area contributed by atoms with E-state index in [1.165, 1.54) is 0 Å². The molecule has 0 aromatic heterocycles. The van der Waals surface area contributed by atoms with Crippen LogP contribution in [0.3, 0.4) is 0 Å². The molecule has 1 fully saturated rings. The van der Waals surface area contributed by atoms with E-state index in [4.69, 9.17) is 14.2 Å². The second-order valence-electron chi connectivity index (χ2n) is 9.14. The third kappa shape index (κ3) is 5.31. The van der Waals surface area contributed by atoms with Gasteiger partial charge >= 0.3 is 6.03 Å². The van der Waals surface area contributed by atoms with Gasteiger partial charge in [0.1, 0.15) is 11.9 Å². The Labute approximate surface area is 207 Å². The number of carbonyl (C=O) groups is 2. The number of likely N-dealkylation sites (tertiary alicyclic amines) is 1. The van der Waals surface area contributed by atoms with E-state index in [2.05, 4.69) is 12.2 Å². The number of methoxy groups -OCH3 is 2. The summed E-state index contributed by atoms with van der Waals surface area (Å²) in [6.07, 6.45) is 2.08. The van der Waals surface area contributed by atoms with Crippen molar-refractivity contribution in [2.75, 3.05) is 38.8 Å². The fourth-order valence-electron chi connectivity index (χ4n) is 4.77. The predicted octanol–water partition coefficient (Wildman–Crippen LogP) is 4.14. The highest BCUT2D eigenvalue weighted by atomic mass is 16.5. The first-order valence-corrected chi connectivity index (χ1v) is 12.3. The number of rotatable bonds is 6. The lowest BCUT2D eigenvalue weighted by Gasteiger charge is -2.39. The molecule has 0 radical (unpaired) electrons. The third-order valence-corrected chi connectivity index (χ3v) is 6.85. The van der Waals surface area contributed by atoms with Crippen LogP contribution in [0.1, 0.15) is 37.3 Å². The molecular weight excluding hydrogens is 446 g/mol. The molecule has 0 spiro atoms. The van der Waals surface area contributed by atoms with Crippen LogP contribution in [0.15, 0.2) is 36.4 Å². The van der Waals surface area contributed by atoms with Crippen LogP contribution in [0.4, 0.5) is 10.5 Å². The Morgan fingerprint density at radius 1 is 1.11 bits per heavy atom. The molecule has 2 heterocycles. The Morgan fingerprint density at radius 3 is 2.57 bits per heavy atom. The lowest BCUT2D eigenvalue weighted by atomic mass is 9.96. The Hall–Kier alpha value is -3.42. The molecule has 2 aliphatic rings. The number of ether oxygens (including phenoxy) is 3. The van der Waals surface area contributed by atoms with E-state index in [-0.39, 0.29) is 24.0 Å². The first-order chi connectivity index (χ1) is 16.9. The van der Waals surface area contributed by atoms with E-state index < -0.39 is 0 Å². The number of fused-ring (bicyclic) bond motifs is 1. The summed E-state index contributed by atoms with van der Waals surface area (Å²) >= 11 is 0.